The van der Waals surface area contributed by atoms with Crippen LogP contribution in [-0.2, 0) is 6.54 Å². The maximum absolute atomic E-state index is 12.9. The molecule has 0 radical (unpaired) electrons. The molecule has 2 N–H and O–H groups in total. The number of carbonyl (C=O) groups is 1. The smallest absolute Gasteiger partial charge is 0.319 e. The van der Waals surface area contributed by atoms with E-state index in [1.165, 1.54) is 24.3 Å². The highest BCUT2D eigenvalue weighted by molar-refractivity contribution is 5.89. The number of likely N-dealkylation sites (tertiary alicyclic amines) is 1. The first kappa shape index (κ1) is 16.0. The van der Waals surface area contributed by atoms with E-state index in [2.05, 4.69) is 25.7 Å². The molecule has 1 aromatic heterocycles. The number of aromatic nitrogens is 2. The van der Waals surface area contributed by atoms with Crippen molar-refractivity contribution in [1.29, 1.82) is 0 Å². The summed E-state index contributed by atoms with van der Waals surface area (Å²) in [5.74, 6) is 1.62. The largest absolute Gasteiger partial charge is 0.338 e. The maximum atomic E-state index is 12.9. The Morgan fingerprint density at radius 2 is 2.08 bits per heavy atom. The molecule has 1 saturated heterocycles. The lowest BCUT2D eigenvalue weighted by atomic mass is 10.3. The number of hydrogen-bond acceptors (Lipinski definition) is 5. The summed E-state index contributed by atoms with van der Waals surface area (Å²) in [4.78, 5) is 18.7. The number of urea groups is 1. The van der Waals surface area contributed by atoms with E-state index in [1.807, 2.05) is 0 Å². The van der Waals surface area contributed by atoms with Crippen molar-refractivity contribution >= 4 is 11.7 Å². The van der Waals surface area contributed by atoms with Crippen molar-refractivity contribution in [3.05, 3.63) is 41.8 Å². The third-order valence-corrected chi connectivity index (χ3v) is 4.49. The molecule has 2 aliphatic rings. The number of carbonyl (C=O) groups excluding carboxylic acids is 1. The molecule has 0 spiro atoms. The summed E-state index contributed by atoms with van der Waals surface area (Å²) in [5.41, 5.74) is 0.562. The fourth-order valence-corrected chi connectivity index (χ4v) is 3.01. The second-order valence-electron chi connectivity index (χ2n) is 6.65. The number of nitrogens with one attached hydrogen (secondary N) is 2. The van der Waals surface area contributed by atoms with E-state index in [0.717, 1.165) is 38.2 Å². The number of hydrogen-bond donors (Lipinski definition) is 2. The van der Waals surface area contributed by atoms with Gasteiger partial charge in [0, 0.05) is 30.7 Å². The lowest BCUT2D eigenvalue weighted by Gasteiger charge is -2.15. The van der Waals surface area contributed by atoms with Crippen LogP contribution in [0.4, 0.5) is 14.9 Å². The molecule has 132 valence electrons. The summed E-state index contributed by atoms with van der Waals surface area (Å²) in [6.45, 7) is 2.21. The number of halogens is 1. The Balaban J connectivity index is 1.24. The van der Waals surface area contributed by atoms with Gasteiger partial charge in [0.15, 0.2) is 5.82 Å². The number of anilines is 1. The molecule has 1 aliphatic heterocycles. The summed E-state index contributed by atoms with van der Waals surface area (Å²) in [6.07, 6.45) is 3.16. The predicted octanol–water partition coefficient (Wildman–Crippen LogP) is 2.48. The molecule has 8 heteroatoms. The molecule has 0 bridgehead atoms. The van der Waals surface area contributed by atoms with Gasteiger partial charge in [-0.25, -0.2) is 9.18 Å². The average molecular weight is 345 g/mol. The Morgan fingerprint density at radius 1 is 1.28 bits per heavy atom. The Kier molecular flexibility index (Phi) is 4.35. The molecule has 7 nitrogen and oxygen atoms in total. The van der Waals surface area contributed by atoms with E-state index < -0.39 is 0 Å². The number of rotatable bonds is 5. The van der Waals surface area contributed by atoms with Gasteiger partial charge < -0.3 is 15.2 Å². The van der Waals surface area contributed by atoms with E-state index in [0.29, 0.717) is 24.0 Å². The molecule has 25 heavy (non-hydrogen) atoms. The summed E-state index contributed by atoms with van der Waals surface area (Å²) >= 11 is 0. The van der Waals surface area contributed by atoms with E-state index in [-0.39, 0.29) is 17.9 Å². The van der Waals surface area contributed by atoms with Crippen molar-refractivity contribution < 1.29 is 13.7 Å². The molecule has 1 saturated carbocycles. The van der Waals surface area contributed by atoms with Crippen LogP contribution in [0.1, 0.15) is 36.9 Å². The number of nitrogens with zero attached hydrogens (tertiary/aromatic N) is 3. The summed E-state index contributed by atoms with van der Waals surface area (Å²) < 4.78 is 18.2. The van der Waals surface area contributed by atoms with Gasteiger partial charge in [-0.1, -0.05) is 5.16 Å². The van der Waals surface area contributed by atoms with Crippen LogP contribution in [0.2, 0.25) is 0 Å². The topological polar surface area (TPSA) is 83.3 Å². The number of amides is 2. The van der Waals surface area contributed by atoms with Crippen LogP contribution in [0.5, 0.6) is 0 Å². The van der Waals surface area contributed by atoms with Gasteiger partial charge in [0.05, 0.1) is 6.54 Å². The normalized spacial score (nSPS) is 20.6. The van der Waals surface area contributed by atoms with Gasteiger partial charge in [-0.05, 0) is 43.5 Å². The first-order chi connectivity index (χ1) is 12.2. The summed E-state index contributed by atoms with van der Waals surface area (Å²) in [5, 5.41) is 9.67. The zero-order chi connectivity index (χ0) is 17.2. The molecule has 1 aromatic carbocycles. The Morgan fingerprint density at radius 3 is 2.84 bits per heavy atom. The molecular weight excluding hydrogens is 325 g/mol. The van der Waals surface area contributed by atoms with Crippen molar-refractivity contribution in [2.75, 3.05) is 18.4 Å². The zero-order valence-electron chi connectivity index (χ0n) is 13.7. The zero-order valence-corrected chi connectivity index (χ0v) is 13.7. The van der Waals surface area contributed by atoms with Crippen molar-refractivity contribution in [2.45, 2.75) is 37.8 Å². The van der Waals surface area contributed by atoms with Gasteiger partial charge >= 0.3 is 6.03 Å². The van der Waals surface area contributed by atoms with Gasteiger partial charge in [-0.15, -0.1) is 0 Å². The van der Waals surface area contributed by atoms with Crippen LogP contribution in [0, 0.1) is 5.82 Å². The van der Waals surface area contributed by atoms with Crippen molar-refractivity contribution in [3.8, 4) is 0 Å². The van der Waals surface area contributed by atoms with Crippen LogP contribution < -0.4 is 10.6 Å². The minimum Gasteiger partial charge on any atom is -0.338 e. The van der Waals surface area contributed by atoms with Crippen LogP contribution >= 0.6 is 0 Å². The first-order valence-corrected chi connectivity index (χ1v) is 8.53. The Hall–Kier alpha value is -2.48. The van der Waals surface area contributed by atoms with Crippen LogP contribution in [0.3, 0.4) is 0 Å². The highest BCUT2D eigenvalue weighted by Gasteiger charge is 2.30. The van der Waals surface area contributed by atoms with Gasteiger partial charge in [0.1, 0.15) is 5.82 Å². The third kappa shape index (κ3) is 4.14. The minimum absolute atomic E-state index is 0.0614. The van der Waals surface area contributed by atoms with E-state index >= 15 is 0 Å². The molecular formula is C17H20FN5O2. The van der Waals surface area contributed by atoms with Gasteiger partial charge in [0.2, 0.25) is 5.89 Å². The SMILES string of the molecule is O=C(Nc1ccc(F)cc1)N[C@H]1CCN(Cc2nc(C3CC3)no2)C1. The monoisotopic (exact) mass is 345 g/mol. The molecule has 2 aromatic rings. The molecule has 1 atom stereocenters. The average Bonchev–Trinajstić information content (AvgIpc) is 3.19. The lowest BCUT2D eigenvalue weighted by Crippen LogP contribution is -2.39. The van der Waals surface area contributed by atoms with E-state index in [4.69, 9.17) is 4.52 Å². The van der Waals surface area contributed by atoms with Crippen LogP contribution in [0.15, 0.2) is 28.8 Å². The molecule has 0 unspecified atom stereocenters. The van der Waals surface area contributed by atoms with Crippen molar-refractivity contribution in [1.82, 2.24) is 20.4 Å². The maximum Gasteiger partial charge on any atom is 0.319 e. The summed E-state index contributed by atoms with van der Waals surface area (Å²) in [7, 11) is 0. The van der Waals surface area contributed by atoms with Crippen LogP contribution in [0.25, 0.3) is 0 Å². The molecule has 2 fully saturated rings. The Bertz CT molecular complexity index is 744. The highest BCUT2D eigenvalue weighted by atomic mass is 19.1. The number of benzene rings is 1. The minimum atomic E-state index is -0.330. The van der Waals surface area contributed by atoms with E-state index in [9.17, 15) is 9.18 Å². The van der Waals surface area contributed by atoms with Crippen molar-refractivity contribution in [2.24, 2.45) is 0 Å². The highest BCUT2D eigenvalue weighted by Crippen LogP contribution is 2.38. The van der Waals surface area contributed by atoms with E-state index in [1.54, 1.807) is 0 Å². The summed E-state index contributed by atoms with van der Waals surface area (Å²) in [6, 6.07) is 5.46. The van der Waals surface area contributed by atoms with Crippen molar-refractivity contribution in [3.63, 3.8) is 0 Å². The van der Waals surface area contributed by atoms with Gasteiger partial charge in [0.25, 0.3) is 0 Å². The van der Waals surface area contributed by atoms with Crippen LogP contribution in [-0.4, -0.2) is 40.2 Å². The first-order valence-electron chi connectivity index (χ1n) is 8.53. The van der Waals surface area contributed by atoms with Gasteiger partial charge in [-0.3, -0.25) is 4.90 Å². The quantitative estimate of drug-likeness (QED) is 0.870. The standard InChI is InChI=1S/C17H20FN5O2/c18-12-3-5-13(6-4-12)19-17(24)20-14-7-8-23(9-14)10-15-21-16(22-25-15)11-1-2-11/h3-6,11,14H,1-2,7-10H2,(H2,19,20,24)/t14-/m0/s1. The predicted molar refractivity (Wildman–Crippen MR) is 88.5 cm³/mol. The fourth-order valence-electron chi connectivity index (χ4n) is 3.01. The second kappa shape index (κ2) is 6.79. The lowest BCUT2D eigenvalue weighted by molar-refractivity contribution is 0.244. The fraction of sp³-hybridized carbons (Fsp3) is 0.471. The molecule has 4 rings (SSSR count). The third-order valence-electron chi connectivity index (χ3n) is 4.49. The molecule has 1 aliphatic carbocycles. The molecule has 2 heterocycles. The second-order valence-corrected chi connectivity index (χ2v) is 6.65. The van der Waals surface area contributed by atoms with Gasteiger partial charge in [-0.2, -0.15) is 4.98 Å². The Labute approximate surface area is 144 Å². The molecule has 2 amide bonds.